The summed E-state index contributed by atoms with van der Waals surface area (Å²) in [6, 6.07) is 0. The average Bonchev–Trinajstić information content (AvgIpc) is 2.96. The predicted octanol–water partition coefficient (Wildman–Crippen LogP) is 5.88. The molecule has 2 heterocycles. The first-order chi connectivity index (χ1) is 12.2. The Kier molecular flexibility index (Phi) is 5.75. The first kappa shape index (κ1) is 24.1. The van der Waals surface area contributed by atoms with Crippen molar-refractivity contribution in [1.29, 1.82) is 0 Å². The van der Waals surface area contributed by atoms with Crippen LogP contribution in [0.25, 0.3) is 0 Å². The van der Waals surface area contributed by atoms with Crippen LogP contribution in [-0.2, 0) is 0 Å². The van der Waals surface area contributed by atoms with Crippen molar-refractivity contribution in [2.45, 2.75) is 112 Å². The lowest BCUT2D eigenvalue weighted by molar-refractivity contribution is 0.250. The van der Waals surface area contributed by atoms with Crippen molar-refractivity contribution in [3.63, 3.8) is 0 Å². The molecule has 2 rings (SSSR count). The Bertz CT molecular complexity index is 556. The van der Waals surface area contributed by atoms with E-state index in [1.54, 1.807) is 0 Å². The molecule has 0 N–H and O–H groups in total. The molecule has 2 aliphatic heterocycles. The van der Waals surface area contributed by atoms with E-state index in [-0.39, 0.29) is 22.2 Å². The summed E-state index contributed by atoms with van der Waals surface area (Å²) in [5.74, 6) is 0. The van der Waals surface area contributed by atoms with Crippen LogP contribution in [0.5, 0.6) is 0 Å². The zero-order chi connectivity index (χ0) is 22.1. The van der Waals surface area contributed by atoms with Crippen LogP contribution in [0.4, 0.5) is 0 Å². The smallest absolute Gasteiger partial charge is 0.363 e. The minimum absolute atomic E-state index is 0.0790. The molecular formula is C21H43IN4Si2. The van der Waals surface area contributed by atoms with Gasteiger partial charge < -0.3 is 18.3 Å². The molecule has 2 aliphatic rings. The second kappa shape index (κ2) is 6.67. The molecule has 4 nitrogen and oxygen atoms in total. The van der Waals surface area contributed by atoms with Gasteiger partial charge >= 0.3 is 13.3 Å². The summed E-state index contributed by atoms with van der Waals surface area (Å²) in [6.07, 6.45) is 9.57. The van der Waals surface area contributed by atoms with E-state index in [2.05, 4.69) is 154 Å². The Morgan fingerprint density at radius 1 is 0.500 bits per heavy atom. The highest BCUT2D eigenvalue weighted by atomic mass is 127. The number of hydrogen-bond donors (Lipinski definition) is 0. The van der Waals surface area contributed by atoms with Crippen LogP contribution in [-0.4, -0.2) is 53.7 Å². The van der Waals surface area contributed by atoms with Gasteiger partial charge in [0.1, 0.15) is 0 Å². The summed E-state index contributed by atoms with van der Waals surface area (Å²) in [5.41, 5.74) is -1.88. The molecule has 0 unspecified atom stereocenters. The van der Waals surface area contributed by atoms with Crippen LogP contribution in [0.15, 0.2) is 24.8 Å². The third-order valence-corrected chi connectivity index (χ3v) is 32.3. The summed E-state index contributed by atoms with van der Waals surface area (Å²) in [6.45, 7) is 31.0. The largest absolute Gasteiger partial charge is 0.380 e. The van der Waals surface area contributed by atoms with Crippen LogP contribution < -0.4 is 0 Å². The Labute approximate surface area is 189 Å². The van der Waals surface area contributed by atoms with Gasteiger partial charge in [0.25, 0.3) is 0 Å². The van der Waals surface area contributed by atoms with Gasteiger partial charge in [-0.1, -0.05) is 21.8 Å². The molecule has 0 spiro atoms. The zero-order valence-electron chi connectivity index (χ0n) is 20.5. The van der Waals surface area contributed by atoms with E-state index in [1.807, 2.05) is 0 Å². The summed E-state index contributed by atoms with van der Waals surface area (Å²) >= 11 is 2.94. The molecule has 7 heteroatoms. The maximum Gasteiger partial charge on any atom is 0.363 e. The molecule has 0 atom stereocenters. The maximum atomic E-state index is 2.94. The average molecular weight is 535 g/mol. The maximum absolute atomic E-state index is 2.94. The summed E-state index contributed by atoms with van der Waals surface area (Å²) in [4.78, 5) is 0. The second-order valence-corrected chi connectivity index (χ2v) is 30.0. The Morgan fingerprint density at radius 3 is 0.929 bits per heavy atom. The van der Waals surface area contributed by atoms with Gasteiger partial charge in [0, 0.05) is 47.0 Å². The van der Waals surface area contributed by atoms with Gasteiger partial charge in [0.15, 0.2) is 0 Å². The first-order valence-electron chi connectivity index (χ1n) is 10.4. The molecule has 162 valence electrons. The Morgan fingerprint density at radius 2 is 0.714 bits per heavy atom. The lowest BCUT2D eigenvalue weighted by Crippen LogP contribution is -2.87. The van der Waals surface area contributed by atoms with Gasteiger partial charge in [0.2, 0.25) is 0 Å². The normalized spacial score (nSPS) is 22.6. The fourth-order valence-corrected chi connectivity index (χ4v) is 31.9. The van der Waals surface area contributed by atoms with Crippen LogP contribution >= 0.6 is 21.8 Å². The van der Waals surface area contributed by atoms with Crippen LogP contribution in [0, 0.1) is 0 Å². The van der Waals surface area contributed by atoms with Gasteiger partial charge in [-0.15, -0.1) is 0 Å². The van der Waals surface area contributed by atoms with Gasteiger partial charge in [0.05, 0.1) is 0 Å². The fraction of sp³-hybridized carbons (Fsp3) is 0.810. The quantitative estimate of drug-likeness (QED) is 0.237. The number of halogens is 1. The molecule has 28 heavy (non-hydrogen) atoms. The minimum atomic E-state index is -2.20. The van der Waals surface area contributed by atoms with Crippen molar-refractivity contribution in [2.75, 3.05) is 0 Å². The van der Waals surface area contributed by atoms with Gasteiger partial charge in [-0.05, 0) is 89.6 Å². The highest BCUT2D eigenvalue weighted by Crippen LogP contribution is 2.51. The highest BCUT2D eigenvalue weighted by Gasteiger charge is 2.73. The molecule has 0 aromatic heterocycles. The summed E-state index contributed by atoms with van der Waals surface area (Å²) in [5, 5.41) is 0. The SMILES string of the molecule is CC(C)(C)N1C=CN(C(C)(C)C)[Si]1(C)[Si]1(I)N(C(C)(C)C)C=CN1C(C)(C)C. The van der Waals surface area contributed by atoms with Crippen molar-refractivity contribution in [3.8, 4) is 0 Å². The third-order valence-electron chi connectivity index (χ3n) is 5.80. The molecule has 0 aromatic carbocycles. The zero-order valence-corrected chi connectivity index (χ0v) is 24.6. The molecule has 0 saturated heterocycles. The van der Waals surface area contributed by atoms with Crippen molar-refractivity contribution in [1.82, 2.24) is 18.3 Å². The minimum Gasteiger partial charge on any atom is -0.380 e. The van der Waals surface area contributed by atoms with E-state index in [1.165, 1.54) is 0 Å². The van der Waals surface area contributed by atoms with Crippen LogP contribution in [0.1, 0.15) is 83.1 Å². The van der Waals surface area contributed by atoms with E-state index in [0.29, 0.717) is 0 Å². The third kappa shape index (κ3) is 3.57. The lowest BCUT2D eigenvalue weighted by atomic mass is 10.1. The number of rotatable bonds is 1. The Hall–Kier alpha value is -0.156. The van der Waals surface area contributed by atoms with E-state index >= 15 is 0 Å². The lowest BCUT2D eigenvalue weighted by Gasteiger charge is -2.62. The van der Waals surface area contributed by atoms with Crippen molar-refractivity contribution in [2.24, 2.45) is 0 Å². The molecule has 0 aliphatic carbocycles. The molecule has 0 aromatic rings. The van der Waals surface area contributed by atoms with Crippen molar-refractivity contribution < 1.29 is 0 Å². The Balaban J connectivity index is 2.83. The molecule has 0 saturated carbocycles. The van der Waals surface area contributed by atoms with Gasteiger partial charge in [-0.25, -0.2) is 0 Å². The molecule has 0 radical (unpaired) electrons. The molecule has 0 amide bonds. The van der Waals surface area contributed by atoms with Crippen LogP contribution in [0.2, 0.25) is 6.55 Å². The standard InChI is InChI=1S/C21H43IN4Si2/c1-18(2,3)23-14-15-24(19(4,5)6)27(23,13)28(22)25(20(7,8)9)16-17-26(28)21(10,11)12/h14-17H,1-13H3. The topological polar surface area (TPSA) is 13.0 Å². The van der Waals surface area contributed by atoms with Crippen molar-refractivity contribution in [3.05, 3.63) is 24.8 Å². The number of hydrogen-bond acceptors (Lipinski definition) is 4. The van der Waals surface area contributed by atoms with Gasteiger partial charge in [-0.2, -0.15) is 0 Å². The molecular weight excluding hydrogens is 491 g/mol. The fourth-order valence-electron chi connectivity index (χ4n) is 4.84. The summed E-state index contributed by atoms with van der Waals surface area (Å²) < 4.78 is 11.0. The van der Waals surface area contributed by atoms with Crippen molar-refractivity contribution >= 4 is 35.1 Å². The highest BCUT2D eigenvalue weighted by molar-refractivity contribution is 14.1. The summed E-state index contributed by atoms with van der Waals surface area (Å²) in [7, 11) is -2.18. The van der Waals surface area contributed by atoms with E-state index in [9.17, 15) is 0 Å². The predicted molar refractivity (Wildman–Crippen MR) is 136 cm³/mol. The molecule has 0 fully saturated rings. The number of nitrogens with zero attached hydrogens (tertiary/aromatic N) is 4. The van der Waals surface area contributed by atoms with E-state index in [4.69, 9.17) is 0 Å². The van der Waals surface area contributed by atoms with Gasteiger partial charge in [-0.3, -0.25) is 0 Å². The van der Waals surface area contributed by atoms with E-state index < -0.39 is 13.3 Å². The monoisotopic (exact) mass is 534 g/mol. The van der Waals surface area contributed by atoms with Crippen LogP contribution in [0.3, 0.4) is 0 Å². The first-order valence-corrected chi connectivity index (χ1v) is 18.8. The van der Waals surface area contributed by atoms with E-state index in [0.717, 1.165) is 0 Å². The molecule has 0 bridgehead atoms. The second-order valence-electron chi connectivity index (χ2n) is 12.4.